The van der Waals surface area contributed by atoms with Gasteiger partial charge in [-0.1, -0.05) is 24.3 Å². The maximum Gasteiger partial charge on any atom is 0.254 e. The molecule has 8 nitrogen and oxygen atoms in total. The number of hydrogen-bond donors (Lipinski definition) is 1. The summed E-state index contributed by atoms with van der Waals surface area (Å²) in [6.45, 7) is -0.0892. The van der Waals surface area contributed by atoms with E-state index in [2.05, 4.69) is 5.32 Å². The normalized spacial score (nSPS) is 16.4. The number of nitriles is 1. The van der Waals surface area contributed by atoms with Crippen LogP contribution in [0, 0.1) is 11.3 Å². The first-order chi connectivity index (χ1) is 15.0. The van der Waals surface area contributed by atoms with Gasteiger partial charge in [0, 0.05) is 31.8 Å². The second-order valence-corrected chi connectivity index (χ2v) is 7.14. The Labute approximate surface area is 181 Å². The third kappa shape index (κ3) is 4.90. The summed E-state index contributed by atoms with van der Waals surface area (Å²) >= 11 is 0. The molecule has 8 heteroatoms. The number of methoxy groups -OCH3 is 1. The minimum Gasteiger partial charge on any atom is -0.377 e. The molecule has 0 spiro atoms. The fourth-order valence-electron chi connectivity index (χ4n) is 3.61. The Bertz CT molecular complexity index is 1030. The first-order valence-corrected chi connectivity index (χ1v) is 9.90. The zero-order chi connectivity index (χ0) is 22.4. The first kappa shape index (κ1) is 22.0. The molecule has 0 radical (unpaired) electrons. The fraction of sp³-hybridized carbons (Fsp3) is 0.304. The van der Waals surface area contributed by atoms with Gasteiger partial charge in [-0.2, -0.15) is 5.26 Å². The Hall–Kier alpha value is -3.70. The number of nitrogens with zero attached hydrogens (tertiary/aromatic N) is 3. The molecule has 1 N–H and O–H groups in total. The predicted molar refractivity (Wildman–Crippen MR) is 114 cm³/mol. The highest BCUT2D eigenvalue weighted by Gasteiger charge is 2.30. The van der Waals surface area contributed by atoms with Crippen molar-refractivity contribution in [3.8, 4) is 6.07 Å². The Morgan fingerprint density at radius 3 is 2.71 bits per heavy atom. The van der Waals surface area contributed by atoms with E-state index >= 15 is 0 Å². The van der Waals surface area contributed by atoms with E-state index in [-0.39, 0.29) is 43.5 Å². The summed E-state index contributed by atoms with van der Waals surface area (Å²) < 4.78 is 5.67. The number of carbonyl (C=O) groups excluding carboxylic acids is 3. The molecule has 1 atom stereocenters. The van der Waals surface area contributed by atoms with Crippen LogP contribution in [0.1, 0.15) is 34.0 Å². The summed E-state index contributed by atoms with van der Waals surface area (Å²) in [6, 6.07) is 15.7. The zero-order valence-electron chi connectivity index (χ0n) is 17.5. The Kier molecular flexibility index (Phi) is 7.00. The molecule has 1 heterocycles. The summed E-state index contributed by atoms with van der Waals surface area (Å²) in [6.07, 6.45) is 0.105. The molecule has 160 valence electrons. The van der Waals surface area contributed by atoms with Crippen molar-refractivity contribution in [3.63, 3.8) is 0 Å². The van der Waals surface area contributed by atoms with Crippen LogP contribution in [0.25, 0.3) is 0 Å². The predicted octanol–water partition coefficient (Wildman–Crippen LogP) is 1.87. The lowest BCUT2D eigenvalue weighted by molar-refractivity contribution is -0.123. The van der Waals surface area contributed by atoms with Crippen molar-refractivity contribution in [1.82, 2.24) is 10.2 Å². The number of para-hydroxylation sites is 1. The number of fused-ring (bicyclic) bond motifs is 1. The van der Waals surface area contributed by atoms with E-state index in [9.17, 15) is 14.4 Å². The molecule has 0 aliphatic carbocycles. The van der Waals surface area contributed by atoms with Crippen molar-refractivity contribution >= 4 is 23.4 Å². The topological polar surface area (TPSA) is 103 Å². The van der Waals surface area contributed by atoms with E-state index in [1.54, 1.807) is 37.4 Å². The van der Waals surface area contributed by atoms with E-state index in [0.717, 1.165) is 5.56 Å². The van der Waals surface area contributed by atoms with Crippen LogP contribution in [-0.2, 0) is 14.3 Å². The molecule has 1 aliphatic heterocycles. The molecule has 2 aromatic carbocycles. The highest BCUT2D eigenvalue weighted by Crippen LogP contribution is 2.32. The van der Waals surface area contributed by atoms with Gasteiger partial charge in [0.15, 0.2) is 0 Å². The molecular weight excluding hydrogens is 396 g/mol. The van der Waals surface area contributed by atoms with E-state index in [4.69, 9.17) is 10.00 Å². The third-order valence-electron chi connectivity index (χ3n) is 5.25. The zero-order valence-corrected chi connectivity index (χ0v) is 17.5. The van der Waals surface area contributed by atoms with Crippen molar-refractivity contribution in [2.24, 2.45) is 0 Å². The number of nitrogens with one attached hydrogen (secondary N) is 1. The van der Waals surface area contributed by atoms with Gasteiger partial charge >= 0.3 is 0 Å². The van der Waals surface area contributed by atoms with E-state index in [0.29, 0.717) is 23.2 Å². The number of likely N-dealkylation sites (N-methyl/N-ethyl adjacent to an activating group) is 1. The van der Waals surface area contributed by atoms with Crippen LogP contribution in [-0.4, -0.2) is 56.4 Å². The minimum atomic E-state index is -0.377. The lowest BCUT2D eigenvalue weighted by Crippen LogP contribution is -2.46. The average Bonchev–Trinajstić information content (AvgIpc) is 2.86. The number of ether oxygens (including phenoxy) is 1. The van der Waals surface area contributed by atoms with Crippen molar-refractivity contribution in [2.45, 2.75) is 12.5 Å². The first-order valence-electron chi connectivity index (χ1n) is 9.90. The van der Waals surface area contributed by atoms with Crippen molar-refractivity contribution < 1.29 is 19.1 Å². The van der Waals surface area contributed by atoms with Gasteiger partial charge in [0.05, 0.1) is 23.4 Å². The number of rotatable bonds is 4. The summed E-state index contributed by atoms with van der Waals surface area (Å²) in [7, 11) is 3.08. The van der Waals surface area contributed by atoms with Crippen LogP contribution in [0.5, 0.6) is 0 Å². The highest BCUT2D eigenvalue weighted by atomic mass is 16.5. The third-order valence-corrected chi connectivity index (χ3v) is 5.25. The standard InChI is InChI=1S/C23H24N4O4/c1-25-21(28)14-27-19-9-4-3-8-18(19)20(31-2)10-11-26(15-22(27)29)23(30)17-7-5-6-16(12-17)13-24/h3-9,12,20H,10-11,14-15H2,1-2H3,(H,25,28). The molecule has 2 aromatic rings. The molecule has 3 amide bonds. The van der Waals surface area contributed by atoms with Crippen molar-refractivity contribution in [2.75, 3.05) is 38.7 Å². The molecule has 0 aromatic heterocycles. The Morgan fingerprint density at radius 1 is 1.23 bits per heavy atom. The maximum atomic E-state index is 13.3. The van der Waals surface area contributed by atoms with Crippen LogP contribution < -0.4 is 10.2 Å². The summed E-state index contributed by atoms with van der Waals surface area (Å²) in [5, 5.41) is 11.7. The largest absolute Gasteiger partial charge is 0.377 e. The van der Waals surface area contributed by atoms with Crippen LogP contribution >= 0.6 is 0 Å². The second kappa shape index (κ2) is 9.87. The Balaban J connectivity index is 2.00. The molecule has 0 saturated heterocycles. The number of carbonyl (C=O) groups is 3. The molecule has 1 unspecified atom stereocenters. The lowest BCUT2D eigenvalue weighted by atomic mass is 10.0. The smallest absolute Gasteiger partial charge is 0.254 e. The maximum absolute atomic E-state index is 13.3. The van der Waals surface area contributed by atoms with E-state index < -0.39 is 0 Å². The second-order valence-electron chi connectivity index (χ2n) is 7.14. The SMILES string of the molecule is CNC(=O)CN1C(=O)CN(C(=O)c2cccc(C#N)c2)CCC(OC)c2ccccc21. The van der Waals surface area contributed by atoms with Gasteiger partial charge < -0.3 is 19.9 Å². The monoisotopic (exact) mass is 420 g/mol. The quantitative estimate of drug-likeness (QED) is 0.814. The van der Waals surface area contributed by atoms with Crippen LogP contribution in [0.4, 0.5) is 5.69 Å². The minimum absolute atomic E-state index is 0.172. The Morgan fingerprint density at radius 2 is 2.00 bits per heavy atom. The summed E-state index contributed by atoms with van der Waals surface area (Å²) in [4.78, 5) is 41.4. The number of benzene rings is 2. The molecule has 3 rings (SSSR count). The van der Waals surface area contributed by atoms with Gasteiger partial charge in [0.25, 0.3) is 5.91 Å². The van der Waals surface area contributed by atoms with Gasteiger partial charge in [0.1, 0.15) is 13.1 Å². The van der Waals surface area contributed by atoms with Crippen LogP contribution in [0.3, 0.4) is 0 Å². The van der Waals surface area contributed by atoms with Crippen molar-refractivity contribution in [3.05, 3.63) is 65.2 Å². The van der Waals surface area contributed by atoms with Crippen LogP contribution in [0.2, 0.25) is 0 Å². The molecule has 0 saturated carbocycles. The summed E-state index contributed by atoms with van der Waals surface area (Å²) in [5.41, 5.74) is 2.06. The van der Waals surface area contributed by atoms with E-state index in [1.807, 2.05) is 18.2 Å². The average molecular weight is 420 g/mol. The molecular formula is C23H24N4O4. The van der Waals surface area contributed by atoms with Gasteiger partial charge in [-0.25, -0.2) is 0 Å². The van der Waals surface area contributed by atoms with Gasteiger partial charge in [0.2, 0.25) is 11.8 Å². The van der Waals surface area contributed by atoms with Gasteiger partial charge in [-0.3, -0.25) is 14.4 Å². The molecule has 0 bridgehead atoms. The highest BCUT2D eigenvalue weighted by molar-refractivity contribution is 6.03. The van der Waals surface area contributed by atoms with Gasteiger partial charge in [-0.05, 0) is 30.7 Å². The lowest BCUT2D eigenvalue weighted by Gasteiger charge is -2.27. The van der Waals surface area contributed by atoms with Gasteiger partial charge in [-0.15, -0.1) is 0 Å². The summed E-state index contributed by atoms with van der Waals surface area (Å²) in [5.74, 6) is -1.06. The van der Waals surface area contributed by atoms with E-state index in [1.165, 1.54) is 22.9 Å². The number of hydrogen-bond acceptors (Lipinski definition) is 5. The molecule has 0 fully saturated rings. The number of amides is 3. The molecule has 1 aliphatic rings. The fourth-order valence-corrected chi connectivity index (χ4v) is 3.61. The number of anilines is 1. The van der Waals surface area contributed by atoms with Crippen LogP contribution in [0.15, 0.2) is 48.5 Å². The molecule has 31 heavy (non-hydrogen) atoms. The van der Waals surface area contributed by atoms with Crippen molar-refractivity contribution in [1.29, 1.82) is 5.26 Å².